The monoisotopic (exact) mass is 550 g/mol. The van der Waals surface area contributed by atoms with Crippen molar-refractivity contribution in [2.24, 2.45) is 10.8 Å². The van der Waals surface area contributed by atoms with Crippen LogP contribution < -0.4 is 20.6 Å². The van der Waals surface area contributed by atoms with Gasteiger partial charge in [-0.15, -0.1) is 15.3 Å². The van der Waals surface area contributed by atoms with Gasteiger partial charge in [0.15, 0.2) is 10.9 Å². The number of anilines is 1. The van der Waals surface area contributed by atoms with E-state index in [2.05, 4.69) is 35.7 Å². The average Bonchev–Trinajstić information content (AvgIpc) is 2.83. The van der Waals surface area contributed by atoms with Crippen LogP contribution in [0.4, 0.5) is 10.5 Å². The first-order valence-electron chi connectivity index (χ1n) is 9.51. The molecule has 0 saturated carbocycles. The summed E-state index contributed by atoms with van der Waals surface area (Å²) in [5.41, 5.74) is 7.69. The zero-order chi connectivity index (χ0) is 26.2. The zero-order valence-corrected chi connectivity index (χ0v) is 20.3. The van der Waals surface area contributed by atoms with E-state index in [9.17, 15) is 9.59 Å². The SMILES string of the molecule is COc1ccc(Cc2cc(Oc3c(Cl)cc(NN=C(C#N)C(=O)OC(N)=O)cc3Cl)nnc2Cl)nn1. The number of amides is 1. The second-order valence-corrected chi connectivity index (χ2v) is 7.68. The van der Waals surface area contributed by atoms with Gasteiger partial charge in [-0.3, -0.25) is 5.43 Å². The molecule has 184 valence electrons. The Morgan fingerprint density at radius 3 is 2.36 bits per heavy atom. The normalized spacial score (nSPS) is 10.8. The molecule has 0 spiro atoms. The van der Waals surface area contributed by atoms with Crippen molar-refractivity contribution in [2.45, 2.75) is 6.42 Å². The number of methoxy groups -OCH3 is 1. The van der Waals surface area contributed by atoms with Crippen molar-refractivity contribution in [3.05, 3.63) is 56.8 Å². The van der Waals surface area contributed by atoms with Gasteiger partial charge in [-0.25, -0.2) is 9.59 Å². The number of hydrogen-bond acceptors (Lipinski definition) is 12. The predicted octanol–water partition coefficient (Wildman–Crippen LogP) is 3.53. The van der Waals surface area contributed by atoms with Crippen molar-refractivity contribution in [3.63, 3.8) is 0 Å². The van der Waals surface area contributed by atoms with Crippen LogP contribution in [0.5, 0.6) is 17.5 Å². The number of benzene rings is 1. The Hall–Kier alpha value is -4.25. The van der Waals surface area contributed by atoms with Gasteiger partial charge in [-0.05, 0) is 18.2 Å². The van der Waals surface area contributed by atoms with Crippen molar-refractivity contribution in [2.75, 3.05) is 12.5 Å². The topological polar surface area (TPSA) is 188 Å². The number of hydrogen-bond donors (Lipinski definition) is 2. The predicted molar refractivity (Wildman–Crippen MR) is 127 cm³/mol. The first-order valence-corrected chi connectivity index (χ1v) is 10.6. The summed E-state index contributed by atoms with van der Waals surface area (Å²) < 4.78 is 14.8. The molecule has 0 aliphatic heterocycles. The molecule has 0 fully saturated rings. The molecule has 2 heterocycles. The van der Waals surface area contributed by atoms with Gasteiger partial charge in [0, 0.05) is 24.1 Å². The van der Waals surface area contributed by atoms with Crippen LogP contribution in [0.1, 0.15) is 11.3 Å². The van der Waals surface area contributed by atoms with Crippen molar-refractivity contribution < 1.29 is 23.8 Å². The van der Waals surface area contributed by atoms with E-state index in [1.807, 2.05) is 0 Å². The molecule has 0 radical (unpaired) electrons. The van der Waals surface area contributed by atoms with Crippen LogP contribution in [0, 0.1) is 11.3 Å². The number of hydrazone groups is 1. The first-order chi connectivity index (χ1) is 17.2. The molecule has 36 heavy (non-hydrogen) atoms. The third kappa shape index (κ3) is 6.89. The molecule has 0 aliphatic carbocycles. The van der Waals surface area contributed by atoms with Crippen LogP contribution in [-0.2, 0) is 16.0 Å². The van der Waals surface area contributed by atoms with E-state index >= 15 is 0 Å². The number of aromatic nitrogens is 4. The molecular formula is C20H13Cl3N8O5. The molecule has 0 saturated heterocycles. The van der Waals surface area contributed by atoms with Crippen LogP contribution in [0.3, 0.4) is 0 Å². The summed E-state index contributed by atoms with van der Waals surface area (Å²) in [4.78, 5) is 22.2. The molecule has 0 atom stereocenters. The molecule has 1 amide bonds. The number of nitrogens with two attached hydrogens (primary N) is 1. The first kappa shape index (κ1) is 26.4. The summed E-state index contributed by atoms with van der Waals surface area (Å²) >= 11 is 18.7. The number of nitrogens with zero attached hydrogens (tertiary/aromatic N) is 6. The number of nitriles is 1. The number of carbonyl (C=O) groups excluding carboxylic acids is 2. The van der Waals surface area contributed by atoms with Crippen LogP contribution >= 0.6 is 34.8 Å². The summed E-state index contributed by atoms with van der Waals surface area (Å²) in [6, 6.07) is 9.06. The van der Waals surface area contributed by atoms with Crippen molar-refractivity contribution in [1.29, 1.82) is 5.26 Å². The molecule has 3 aromatic rings. The maximum atomic E-state index is 11.6. The number of carbonyl (C=O) groups is 2. The lowest BCUT2D eigenvalue weighted by atomic mass is 10.1. The van der Waals surface area contributed by atoms with Crippen LogP contribution in [0.15, 0.2) is 35.4 Å². The van der Waals surface area contributed by atoms with Crippen LogP contribution in [0.2, 0.25) is 15.2 Å². The van der Waals surface area contributed by atoms with Gasteiger partial charge in [0.05, 0.1) is 28.5 Å². The quantitative estimate of drug-likeness (QED) is 0.180. The van der Waals surface area contributed by atoms with Crippen molar-refractivity contribution >= 4 is 58.3 Å². The van der Waals surface area contributed by atoms with Crippen molar-refractivity contribution in [1.82, 2.24) is 20.4 Å². The molecule has 0 unspecified atom stereocenters. The Bertz CT molecular complexity index is 1360. The third-order valence-corrected chi connectivity index (χ3v) is 4.95. The highest BCUT2D eigenvalue weighted by molar-refractivity contribution is 6.44. The Morgan fingerprint density at radius 1 is 1.08 bits per heavy atom. The minimum absolute atomic E-state index is 0.0257. The number of nitrogens with one attached hydrogen (secondary N) is 1. The zero-order valence-electron chi connectivity index (χ0n) is 18.0. The van der Waals surface area contributed by atoms with Gasteiger partial charge in [-0.2, -0.15) is 15.5 Å². The van der Waals surface area contributed by atoms with Gasteiger partial charge in [0.25, 0.3) is 0 Å². The summed E-state index contributed by atoms with van der Waals surface area (Å²) in [6.07, 6.45) is -1.11. The lowest BCUT2D eigenvalue weighted by Crippen LogP contribution is -2.24. The number of rotatable bonds is 8. The molecular weight excluding hydrogens is 539 g/mol. The molecule has 16 heteroatoms. The summed E-state index contributed by atoms with van der Waals surface area (Å²) in [5, 5.41) is 28.4. The van der Waals surface area contributed by atoms with E-state index in [4.69, 9.17) is 55.3 Å². The maximum absolute atomic E-state index is 11.6. The fraction of sp³-hybridized carbons (Fsp3) is 0.100. The number of primary amides is 1. The summed E-state index contributed by atoms with van der Waals surface area (Å²) in [6.45, 7) is 0. The Labute approximate surface area is 217 Å². The van der Waals surface area contributed by atoms with Gasteiger partial charge in [0.1, 0.15) is 6.07 Å². The fourth-order valence-corrected chi connectivity index (χ4v) is 3.24. The molecule has 0 bridgehead atoms. The lowest BCUT2D eigenvalue weighted by molar-refractivity contribution is -0.129. The third-order valence-electron chi connectivity index (χ3n) is 4.07. The summed E-state index contributed by atoms with van der Waals surface area (Å²) in [7, 11) is 1.48. The van der Waals surface area contributed by atoms with Gasteiger partial charge >= 0.3 is 12.1 Å². The molecule has 0 aliphatic rings. The maximum Gasteiger partial charge on any atom is 0.412 e. The molecule has 2 aromatic heterocycles. The number of esters is 1. The van der Waals surface area contributed by atoms with E-state index in [0.29, 0.717) is 17.1 Å². The van der Waals surface area contributed by atoms with Gasteiger partial charge in [0.2, 0.25) is 17.5 Å². The van der Waals surface area contributed by atoms with E-state index < -0.39 is 17.8 Å². The minimum Gasteiger partial charge on any atom is -0.480 e. The second kappa shape index (κ2) is 11.9. The molecule has 13 nitrogen and oxygen atoms in total. The van der Waals surface area contributed by atoms with Gasteiger partial charge < -0.3 is 19.9 Å². The van der Waals surface area contributed by atoms with Crippen LogP contribution in [-0.4, -0.2) is 45.3 Å². The Kier molecular flexibility index (Phi) is 8.74. The summed E-state index contributed by atoms with van der Waals surface area (Å²) in [5.74, 6) is -0.899. The van der Waals surface area contributed by atoms with Crippen molar-refractivity contribution in [3.8, 4) is 23.6 Å². The van der Waals surface area contributed by atoms with Gasteiger partial charge in [-0.1, -0.05) is 34.8 Å². The Morgan fingerprint density at radius 2 is 1.78 bits per heavy atom. The molecule has 3 rings (SSSR count). The highest BCUT2D eigenvalue weighted by Crippen LogP contribution is 2.38. The number of halogens is 3. The highest BCUT2D eigenvalue weighted by atomic mass is 35.5. The highest BCUT2D eigenvalue weighted by Gasteiger charge is 2.17. The molecule has 3 N–H and O–H groups in total. The largest absolute Gasteiger partial charge is 0.480 e. The van der Waals surface area contributed by atoms with E-state index in [1.165, 1.54) is 31.4 Å². The standard InChI is InChI=1S/C20H13Cl3N8O5/c1-34-15-3-2-10(26-29-15)4-9-5-16(30-31-18(9)23)35-17-12(21)6-11(7-13(17)22)27-28-14(8-24)19(32)36-20(25)33/h2-3,5-7,27H,4H2,1H3,(H2,25,33). The number of ether oxygens (including phenoxy) is 3. The van der Waals surface area contributed by atoms with E-state index in [0.717, 1.165) is 0 Å². The minimum atomic E-state index is -1.39. The molecule has 1 aromatic carbocycles. The smallest absolute Gasteiger partial charge is 0.412 e. The Balaban J connectivity index is 1.78. The fourth-order valence-electron chi connectivity index (χ4n) is 2.52. The second-order valence-electron chi connectivity index (χ2n) is 6.51. The van der Waals surface area contributed by atoms with E-state index in [-0.39, 0.29) is 38.9 Å². The average molecular weight is 552 g/mol. The van der Waals surface area contributed by atoms with Crippen LogP contribution in [0.25, 0.3) is 0 Å². The lowest BCUT2D eigenvalue weighted by Gasteiger charge is -2.11. The van der Waals surface area contributed by atoms with E-state index in [1.54, 1.807) is 12.1 Å².